The molecular formula is C17H20N6O4. The maximum Gasteiger partial charge on any atom is 0.320 e. The maximum atomic E-state index is 10.4. The SMILES string of the molecule is [C-]#[N+]C=C[C@H]1O[C@@H](n2cnc3c(N)nc(OC4CCCC4)nc32)[C@H](O)[C@@H]1O. The fourth-order valence-electron chi connectivity index (χ4n) is 3.51. The molecule has 3 heterocycles. The summed E-state index contributed by atoms with van der Waals surface area (Å²) in [5.74, 6) is 0.171. The number of nitrogens with zero attached hydrogens (tertiary/aromatic N) is 5. The summed E-state index contributed by atoms with van der Waals surface area (Å²) in [6.45, 7) is 6.80. The minimum Gasteiger partial charge on any atom is -0.460 e. The number of anilines is 1. The molecule has 10 nitrogen and oxygen atoms in total. The second-order valence-electron chi connectivity index (χ2n) is 6.68. The molecule has 0 bridgehead atoms. The molecular weight excluding hydrogens is 352 g/mol. The van der Waals surface area contributed by atoms with Crippen LogP contribution in [0, 0.1) is 6.57 Å². The number of hydrogen-bond donors (Lipinski definition) is 3. The topological polar surface area (TPSA) is 133 Å². The van der Waals surface area contributed by atoms with Crippen molar-refractivity contribution >= 4 is 17.0 Å². The fraction of sp³-hybridized carbons (Fsp3) is 0.529. The molecule has 142 valence electrons. The second kappa shape index (κ2) is 7.11. The minimum atomic E-state index is -1.22. The second-order valence-corrected chi connectivity index (χ2v) is 6.68. The van der Waals surface area contributed by atoms with Crippen LogP contribution in [-0.2, 0) is 4.74 Å². The van der Waals surface area contributed by atoms with Crippen molar-refractivity contribution in [1.82, 2.24) is 19.5 Å². The van der Waals surface area contributed by atoms with E-state index in [-0.39, 0.29) is 17.9 Å². The van der Waals surface area contributed by atoms with Crippen molar-refractivity contribution in [3.8, 4) is 6.01 Å². The highest BCUT2D eigenvalue weighted by atomic mass is 16.6. The van der Waals surface area contributed by atoms with Gasteiger partial charge in [0.1, 0.15) is 18.3 Å². The lowest BCUT2D eigenvalue weighted by Gasteiger charge is -2.17. The Hall–Kier alpha value is -2.74. The van der Waals surface area contributed by atoms with Crippen molar-refractivity contribution in [2.45, 2.75) is 56.3 Å². The molecule has 27 heavy (non-hydrogen) atoms. The monoisotopic (exact) mass is 372 g/mol. The zero-order valence-corrected chi connectivity index (χ0v) is 14.5. The van der Waals surface area contributed by atoms with Gasteiger partial charge in [0.15, 0.2) is 29.4 Å². The molecule has 0 aromatic carbocycles. The van der Waals surface area contributed by atoms with E-state index >= 15 is 0 Å². The quantitative estimate of drug-likeness (QED) is 0.671. The number of aromatic nitrogens is 4. The standard InChI is InChI=1S/C17H20N6O4/c1-19-7-6-10-12(24)13(25)16(27-10)23-8-20-11-14(18)21-17(22-15(11)23)26-9-4-2-3-5-9/h6-10,12-13,16,24-25H,2-5H2,(H2,18,21,22)/t10-,12-,13-,16-/m1/s1. The number of fused-ring (bicyclic) bond motifs is 1. The number of aliphatic hydroxyl groups is 2. The Bertz CT molecular complexity index is 901. The lowest BCUT2D eigenvalue weighted by molar-refractivity contribution is -0.0245. The van der Waals surface area contributed by atoms with Crippen LogP contribution in [0.4, 0.5) is 5.82 Å². The van der Waals surface area contributed by atoms with Crippen LogP contribution in [0.5, 0.6) is 6.01 Å². The number of aliphatic hydroxyl groups excluding tert-OH is 2. The van der Waals surface area contributed by atoms with Gasteiger partial charge < -0.3 is 25.4 Å². The third-order valence-electron chi connectivity index (χ3n) is 4.90. The zero-order chi connectivity index (χ0) is 19.0. The molecule has 0 radical (unpaired) electrons. The van der Waals surface area contributed by atoms with E-state index in [0.717, 1.165) is 25.7 Å². The summed E-state index contributed by atoms with van der Waals surface area (Å²) < 4.78 is 13.0. The number of nitrogen functional groups attached to an aromatic ring is 1. The van der Waals surface area contributed by atoms with Crippen LogP contribution in [0.25, 0.3) is 16.0 Å². The lowest BCUT2D eigenvalue weighted by Crippen LogP contribution is -2.30. The molecule has 10 heteroatoms. The molecule has 4 N–H and O–H groups in total. The third kappa shape index (κ3) is 3.21. The van der Waals surface area contributed by atoms with Crippen LogP contribution >= 0.6 is 0 Å². The lowest BCUT2D eigenvalue weighted by atomic mass is 10.1. The molecule has 1 aliphatic carbocycles. The van der Waals surface area contributed by atoms with E-state index < -0.39 is 24.5 Å². The van der Waals surface area contributed by atoms with Gasteiger partial charge in [-0.15, -0.1) is 0 Å². The van der Waals surface area contributed by atoms with Gasteiger partial charge in [-0.3, -0.25) is 4.57 Å². The summed E-state index contributed by atoms with van der Waals surface area (Å²) in [4.78, 5) is 15.9. The summed E-state index contributed by atoms with van der Waals surface area (Å²) in [5, 5.41) is 20.6. The van der Waals surface area contributed by atoms with E-state index in [0.29, 0.717) is 11.2 Å². The Kier molecular flexibility index (Phi) is 4.65. The molecule has 1 saturated carbocycles. The summed E-state index contributed by atoms with van der Waals surface area (Å²) in [5.41, 5.74) is 6.70. The Balaban J connectivity index is 1.66. The van der Waals surface area contributed by atoms with E-state index in [2.05, 4.69) is 19.8 Å². The molecule has 2 fully saturated rings. The van der Waals surface area contributed by atoms with Gasteiger partial charge in [-0.25, -0.2) is 9.83 Å². The van der Waals surface area contributed by atoms with Crippen LogP contribution < -0.4 is 10.5 Å². The van der Waals surface area contributed by atoms with Gasteiger partial charge >= 0.3 is 6.01 Å². The molecule has 0 amide bonds. The predicted molar refractivity (Wildman–Crippen MR) is 94.3 cm³/mol. The normalized spacial score (nSPS) is 28.9. The number of imidazole rings is 1. The van der Waals surface area contributed by atoms with Gasteiger partial charge in [0.05, 0.1) is 19.0 Å². The van der Waals surface area contributed by atoms with Gasteiger partial charge in [-0.2, -0.15) is 9.97 Å². The average Bonchev–Trinajstić information content (AvgIpc) is 3.36. The van der Waals surface area contributed by atoms with Gasteiger partial charge in [-0.05, 0) is 25.7 Å². The van der Waals surface area contributed by atoms with Gasteiger partial charge in [0.25, 0.3) is 0 Å². The van der Waals surface area contributed by atoms with Crippen molar-refractivity contribution in [1.29, 1.82) is 0 Å². The van der Waals surface area contributed by atoms with Gasteiger partial charge in [0, 0.05) is 0 Å². The smallest absolute Gasteiger partial charge is 0.320 e. The number of rotatable bonds is 4. The van der Waals surface area contributed by atoms with E-state index in [1.165, 1.54) is 23.2 Å². The first kappa shape index (κ1) is 17.7. The molecule has 2 aromatic rings. The van der Waals surface area contributed by atoms with Crippen molar-refractivity contribution in [3.63, 3.8) is 0 Å². The molecule has 4 atom stereocenters. The summed E-state index contributed by atoms with van der Waals surface area (Å²) >= 11 is 0. The number of nitrogens with two attached hydrogens (primary N) is 1. The Morgan fingerprint density at radius 1 is 1.30 bits per heavy atom. The van der Waals surface area contributed by atoms with Crippen molar-refractivity contribution in [3.05, 3.63) is 30.0 Å². The number of ether oxygens (including phenoxy) is 2. The predicted octanol–water partition coefficient (Wildman–Crippen LogP) is 0.782. The Labute approximate surface area is 155 Å². The molecule has 2 aromatic heterocycles. The third-order valence-corrected chi connectivity index (χ3v) is 4.90. The van der Waals surface area contributed by atoms with Gasteiger partial charge in [0.2, 0.25) is 0 Å². The molecule has 0 unspecified atom stereocenters. The molecule has 1 saturated heterocycles. The zero-order valence-electron chi connectivity index (χ0n) is 14.5. The van der Waals surface area contributed by atoms with Crippen LogP contribution in [0.3, 0.4) is 0 Å². The fourth-order valence-corrected chi connectivity index (χ4v) is 3.51. The Morgan fingerprint density at radius 3 is 2.81 bits per heavy atom. The summed E-state index contributed by atoms with van der Waals surface area (Å²) in [7, 11) is 0. The largest absolute Gasteiger partial charge is 0.460 e. The minimum absolute atomic E-state index is 0.0662. The number of hydrogen-bond acceptors (Lipinski definition) is 8. The first-order valence-corrected chi connectivity index (χ1v) is 8.80. The first-order valence-electron chi connectivity index (χ1n) is 8.80. The highest BCUT2D eigenvalue weighted by molar-refractivity contribution is 5.82. The Morgan fingerprint density at radius 2 is 2.07 bits per heavy atom. The maximum absolute atomic E-state index is 10.4. The molecule has 1 aliphatic heterocycles. The van der Waals surface area contributed by atoms with Crippen LogP contribution in [0.15, 0.2) is 18.6 Å². The molecule has 2 aliphatic rings. The highest BCUT2D eigenvalue weighted by Crippen LogP contribution is 2.33. The van der Waals surface area contributed by atoms with Crippen molar-refractivity contribution < 1.29 is 19.7 Å². The summed E-state index contributed by atoms with van der Waals surface area (Å²) in [6, 6.07) is 0.158. The van der Waals surface area contributed by atoms with Gasteiger partial charge in [-0.1, -0.05) is 6.08 Å². The molecule has 0 spiro atoms. The van der Waals surface area contributed by atoms with Crippen LogP contribution in [0.2, 0.25) is 0 Å². The average molecular weight is 372 g/mol. The van der Waals surface area contributed by atoms with E-state index in [1.54, 1.807) is 0 Å². The van der Waals surface area contributed by atoms with Crippen LogP contribution in [-0.4, -0.2) is 54.1 Å². The molecule has 4 rings (SSSR count). The summed E-state index contributed by atoms with van der Waals surface area (Å²) in [6.07, 6.45) is 4.05. The van der Waals surface area contributed by atoms with Crippen molar-refractivity contribution in [2.24, 2.45) is 0 Å². The highest BCUT2D eigenvalue weighted by Gasteiger charge is 2.43. The van der Waals surface area contributed by atoms with Crippen LogP contribution in [0.1, 0.15) is 31.9 Å². The first-order chi connectivity index (χ1) is 13.1. The van der Waals surface area contributed by atoms with E-state index in [4.69, 9.17) is 21.8 Å². The van der Waals surface area contributed by atoms with E-state index in [1.807, 2.05) is 0 Å². The van der Waals surface area contributed by atoms with Crippen molar-refractivity contribution in [2.75, 3.05) is 5.73 Å². The van der Waals surface area contributed by atoms with E-state index in [9.17, 15) is 10.2 Å².